The van der Waals surface area contributed by atoms with Gasteiger partial charge in [0.25, 0.3) is 0 Å². The molecule has 0 aliphatic rings. The molecule has 3 nitrogen and oxygen atoms in total. The molecule has 0 aliphatic carbocycles. The van der Waals surface area contributed by atoms with Gasteiger partial charge in [0.05, 0.1) is 16.3 Å². The van der Waals surface area contributed by atoms with Gasteiger partial charge in [-0.15, -0.1) is 11.3 Å². The maximum atomic E-state index is 13.9. The van der Waals surface area contributed by atoms with Gasteiger partial charge in [-0.25, -0.2) is 18.6 Å². The van der Waals surface area contributed by atoms with Crippen molar-refractivity contribution in [2.45, 2.75) is 6.04 Å². The number of nitrogens with one attached hydrogen (secondary N) is 1. The molecule has 0 spiro atoms. The first-order chi connectivity index (χ1) is 10.1. The molecule has 7 heteroatoms. The van der Waals surface area contributed by atoms with E-state index >= 15 is 0 Å². The zero-order chi connectivity index (χ0) is 15.0. The Kier molecular flexibility index (Phi) is 3.62. The van der Waals surface area contributed by atoms with Crippen LogP contribution in [0.4, 0.5) is 13.2 Å². The fourth-order valence-electron chi connectivity index (χ4n) is 2.15. The van der Waals surface area contributed by atoms with Crippen molar-refractivity contribution in [3.63, 3.8) is 0 Å². The fourth-order valence-corrected chi connectivity index (χ4v) is 2.94. The molecule has 0 fully saturated rings. The molecule has 3 rings (SSSR count). The smallest absolute Gasteiger partial charge is 0.194 e. The third-order valence-corrected chi connectivity index (χ3v) is 4.05. The number of aromatic nitrogens is 1. The Hall–Kier alpha value is -1.96. The van der Waals surface area contributed by atoms with E-state index in [4.69, 9.17) is 5.84 Å². The Morgan fingerprint density at radius 3 is 2.71 bits per heavy atom. The van der Waals surface area contributed by atoms with E-state index in [-0.39, 0.29) is 5.56 Å². The average molecular weight is 309 g/mol. The molecule has 0 bridgehead atoms. The van der Waals surface area contributed by atoms with Crippen molar-refractivity contribution in [3.8, 4) is 0 Å². The zero-order valence-corrected chi connectivity index (χ0v) is 11.4. The van der Waals surface area contributed by atoms with Crippen LogP contribution in [0.25, 0.3) is 10.2 Å². The molecule has 2 aromatic heterocycles. The Bertz CT molecular complexity index is 803. The number of nitrogens with zero attached hydrogens (tertiary/aromatic N) is 1. The number of hydrogen-bond acceptors (Lipinski definition) is 4. The SMILES string of the molecule is NNC(c1cnc2ccsc2c1)c1ccc(F)c(F)c1F. The van der Waals surface area contributed by atoms with E-state index in [0.717, 1.165) is 22.3 Å². The minimum absolute atomic E-state index is 0.0749. The molecule has 3 N–H and O–H groups in total. The van der Waals surface area contributed by atoms with Crippen molar-refractivity contribution in [3.05, 3.63) is 64.4 Å². The highest BCUT2D eigenvalue weighted by Gasteiger charge is 2.22. The van der Waals surface area contributed by atoms with Crippen LogP contribution in [0.5, 0.6) is 0 Å². The van der Waals surface area contributed by atoms with Crippen LogP contribution in [-0.2, 0) is 0 Å². The van der Waals surface area contributed by atoms with Crippen LogP contribution >= 0.6 is 11.3 Å². The summed E-state index contributed by atoms with van der Waals surface area (Å²) in [6, 6.07) is 4.86. The van der Waals surface area contributed by atoms with E-state index in [2.05, 4.69) is 10.4 Å². The first-order valence-electron chi connectivity index (χ1n) is 6.04. The van der Waals surface area contributed by atoms with E-state index in [1.165, 1.54) is 17.5 Å². The Balaban J connectivity index is 2.11. The number of thiophene rings is 1. The van der Waals surface area contributed by atoms with Crippen molar-refractivity contribution in [1.29, 1.82) is 0 Å². The molecule has 0 amide bonds. The number of halogens is 3. The summed E-state index contributed by atoms with van der Waals surface area (Å²) < 4.78 is 41.2. The van der Waals surface area contributed by atoms with E-state index in [1.54, 1.807) is 6.07 Å². The van der Waals surface area contributed by atoms with Crippen LogP contribution in [0.3, 0.4) is 0 Å². The minimum atomic E-state index is -1.52. The molecule has 21 heavy (non-hydrogen) atoms. The lowest BCUT2D eigenvalue weighted by molar-refractivity contribution is 0.433. The van der Waals surface area contributed by atoms with Crippen molar-refractivity contribution in [2.75, 3.05) is 0 Å². The van der Waals surface area contributed by atoms with Crippen molar-refractivity contribution < 1.29 is 13.2 Å². The summed E-state index contributed by atoms with van der Waals surface area (Å²) in [5.74, 6) is 1.44. The molecule has 2 heterocycles. The second kappa shape index (κ2) is 5.44. The molecule has 1 aromatic carbocycles. The van der Waals surface area contributed by atoms with Crippen LogP contribution in [0.1, 0.15) is 17.2 Å². The van der Waals surface area contributed by atoms with Crippen molar-refractivity contribution in [2.24, 2.45) is 5.84 Å². The third kappa shape index (κ3) is 2.39. The number of pyridine rings is 1. The van der Waals surface area contributed by atoms with Gasteiger partial charge in [-0.3, -0.25) is 10.8 Å². The van der Waals surface area contributed by atoms with Gasteiger partial charge >= 0.3 is 0 Å². The van der Waals surface area contributed by atoms with E-state index < -0.39 is 23.5 Å². The number of hydrazine groups is 1. The molecule has 0 saturated carbocycles. The number of hydrogen-bond donors (Lipinski definition) is 2. The van der Waals surface area contributed by atoms with Crippen molar-refractivity contribution in [1.82, 2.24) is 10.4 Å². The standard InChI is InChI=1S/C14H10F3N3S/c15-9-2-1-8(12(16)13(9)17)14(20-18)7-5-11-10(19-6-7)3-4-21-11/h1-6,14,20H,18H2. The van der Waals surface area contributed by atoms with Crippen LogP contribution in [0.15, 0.2) is 35.8 Å². The largest absolute Gasteiger partial charge is 0.271 e. The summed E-state index contributed by atoms with van der Waals surface area (Å²) in [6.45, 7) is 0. The Labute approximate surface area is 122 Å². The van der Waals surface area contributed by atoms with Gasteiger partial charge in [0, 0.05) is 11.8 Å². The number of rotatable bonds is 3. The average Bonchev–Trinajstić information content (AvgIpc) is 2.95. The molecule has 0 radical (unpaired) electrons. The molecule has 1 atom stereocenters. The predicted octanol–water partition coefficient (Wildman–Crippen LogP) is 3.27. The van der Waals surface area contributed by atoms with Crippen LogP contribution in [0, 0.1) is 17.5 Å². The first kappa shape index (κ1) is 14.0. The van der Waals surface area contributed by atoms with Crippen LogP contribution < -0.4 is 11.3 Å². The maximum Gasteiger partial charge on any atom is 0.194 e. The van der Waals surface area contributed by atoms with E-state index in [1.807, 2.05) is 11.4 Å². The van der Waals surface area contributed by atoms with Gasteiger partial charge in [-0.1, -0.05) is 6.07 Å². The minimum Gasteiger partial charge on any atom is -0.271 e. The van der Waals surface area contributed by atoms with Gasteiger partial charge in [-0.05, 0) is 29.1 Å². The number of benzene rings is 1. The summed E-state index contributed by atoms with van der Waals surface area (Å²) >= 11 is 1.48. The Morgan fingerprint density at radius 1 is 1.14 bits per heavy atom. The maximum absolute atomic E-state index is 13.9. The van der Waals surface area contributed by atoms with E-state index in [9.17, 15) is 13.2 Å². The molecule has 0 saturated heterocycles. The fraction of sp³-hybridized carbons (Fsp3) is 0.0714. The lowest BCUT2D eigenvalue weighted by Gasteiger charge is -2.17. The summed E-state index contributed by atoms with van der Waals surface area (Å²) in [5.41, 5.74) is 3.72. The molecular weight excluding hydrogens is 299 g/mol. The summed E-state index contributed by atoms with van der Waals surface area (Å²) in [5, 5.41) is 1.88. The van der Waals surface area contributed by atoms with Gasteiger partial charge < -0.3 is 0 Å². The zero-order valence-electron chi connectivity index (χ0n) is 10.6. The Morgan fingerprint density at radius 2 is 1.95 bits per heavy atom. The van der Waals surface area contributed by atoms with Gasteiger partial charge in [0.15, 0.2) is 17.5 Å². The molecule has 0 aliphatic heterocycles. The quantitative estimate of drug-likeness (QED) is 0.443. The normalized spacial score (nSPS) is 12.8. The van der Waals surface area contributed by atoms with E-state index in [0.29, 0.717) is 5.56 Å². The molecule has 3 aromatic rings. The van der Waals surface area contributed by atoms with Gasteiger partial charge in [0.1, 0.15) is 0 Å². The highest BCUT2D eigenvalue weighted by molar-refractivity contribution is 7.17. The second-order valence-electron chi connectivity index (χ2n) is 4.44. The molecule has 1 unspecified atom stereocenters. The predicted molar refractivity (Wildman–Crippen MR) is 75.1 cm³/mol. The molecular formula is C14H10F3N3S. The summed E-state index contributed by atoms with van der Waals surface area (Å²) in [7, 11) is 0. The molecule has 108 valence electrons. The monoisotopic (exact) mass is 309 g/mol. The summed E-state index contributed by atoms with van der Waals surface area (Å²) in [4.78, 5) is 4.23. The van der Waals surface area contributed by atoms with Gasteiger partial charge in [-0.2, -0.15) is 0 Å². The third-order valence-electron chi connectivity index (χ3n) is 3.20. The lowest BCUT2D eigenvalue weighted by Crippen LogP contribution is -2.30. The van der Waals surface area contributed by atoms with Crippen LogP contribution in [0.2, 0.25) is 0 Å². The summed E-state index contributed by atoms with van der Waals surface area (Å²) in [6.07, 6.45) is 1.53. The van der Waals surface area contributed by atoms with Crippen LogP contribution in [-0.4, -0.2) is 4.98 Å². The lowest BCUT2D eigenvalue weighted by atomic mass is 10.00. The number of nitrogens with two attached hydrogens (primary N) is 1. The topological polar surface area (TPSA) is 50.9 Å². The van der Waals surface area contributed by atoms with Gasteiger partial charge in [0.2, 0.25) is 0 Å². The van der Waals surface area contributed by atoms with Crippen molar-refractivity contribution >= 4 is 21.6 Å². The number of fused-ring (bicyclic) bond motifs is 1. The first-order valence-corrected chi connectivity index (χ1v) is 6.92. The second-order valence-corrected chi connectivity index (χ2v) is 5.38. The highest BCUT2D eigenvalue weighted by Crippen LogP contribution is 2.29. The highest BCUT2D eigenvalue weighted by atomic mass is 32.1.